The molecule has 0 heterocycles. The summed E-state index contributed by atoms with van der Waals surface area (Å²) in [6, 6.07) is 15.0. The van der Waals surface area contributed by atoms with E-state index in [1.165, 1.54) is 20.4 Å². The Morgan fingerprint density at radius 3 is 2.70 bits per heavy atom. The Labute approximate surface area is 138 Å². The van der Waals surface area contributed by atoms with Crippen molar-refractivity contribution < 1.29 is 0 Å². The first-order valence-electron chi connectivity index (χ1n) is 6.77. The van der Waals surface area contributed by atoms with Gasteiger partial charge in [-0.05, 0) is 69.8 Å². The van der Waals surface area contributed by atoms with Gasteiger partial charge in [-0.15, -0.1) is 0 Å². The van der Waals surface area contributed by atoms with Crippen molar-refractivity contribution in [3.63, 3.8) is 0 Å². The molecule has 0 aliphatic heterocycles. The highest BCUT2D eigenvalue weighted by Crippen LogP contribution is 2.47. The fourth-order valence-electron chi connectivity index (χ4n) is 3.02. The van der Waals surface area contributed by atoms with Gasteiger partial charge >= 0.3 is 0 Å². The van der Waals surface area contributed by atoms with Crippen molar-refractivity contribution in [1.29, 1.82) is 0 Å². The monoisotopic (exact) mass is 397 g/mol. The molecule has 1 aliphatic carbocycles. The van der Waals surface area contributed by atoms with Gasteiger partial charge in [-0.1, -0.05) is 43.6 Å². The molecular weight excluding hydrogens is 381 g/mol. The van der Waals surface area contributed by atoms with Crippen LogP contribution < -0.4 is 5.32 Å². The Balaban J connectivity index is 2.00. The lowest BCUT2D eigenvalue weighted by Crippen LogP contribution is -2.24. The van der Waals surface area contributed by atoms with Crippen molar-refractivity contribution in [2.75, 3.05) is 5.32 Å². The van der Waals surface area contributed by atoms with Gasteiger partial charge in [-0.2, -0.15) is 0 Å². The number of para-hydroxylation sites is 1. The molecule has 20 heavy (non-hydrogen) atoms. The highest BCUT2D eigenvalue weighted by molar-refractivity contribution is 14.1. The highest BCUT2D eigenvalue weighted by Gasteiger charge is 2.39. The Kier molecular flexibility index (Phi) is 3.71. The average molecular weight is 398 g/mol. The molecule has 104 valence electrons. The van der Waals surface area contributed by atoms with Gasteiger partial charge in [0.1, 0.15) is 0 Å². The van der Waals surface area contributed by atoms with Crippen LogP contribution >= 0.6 is 34.2 Å². The minimum Gasteiger partial charge on any atom is -0.377 e. The summed E-state index contributed by atoms with van der Waals surface area (Å²) in [4.78, 5) is 0. The van der Waals surface area contributed by atoms with E-state index in [9.17, 15) is 0 Å². The maximum atomic E-state index is 6.19. The molecule has 2 aromatic carbocycles. The third-order valence-electron chi connectivity index (χ3n) is 4.02. The SMILES string of the molecule is CC1(C)Cc2ccc(Cl)cc2C1Nc1ccccc1I. The normalized spacial score (nSPS) is 19.7. The maximum Gasteiger partial charge on any atom is 0.0571 e. The third kappa shape index (κ3) is 2.56. The molecule has 0 saturated carbocycles. The van der Waals surface area contributed by atoms with E-state index < -0.39 is 0 Å². The van der Waals surface area contributed by atoms with Crippen LogP contribution in [-0.2, 0) is 6.42 Å². The summed E-state index contributed by atoms with van der Waals surface area (Å²) in [5, 5.41) is 4.53. The lowest BCUT2D eigenvalue weighted by atomic mass is 9.85. The van der Waals surface area contributed by atoms with Gasteiger partial charge in [0.2, 0.25) is 0 Å². The molecule has 1 unspecified atom stereocenters. The molecular formula is C17H17ClIN. The number of benzene rings is 2. The fraction of sp³-hybridized carbons (Fsp3) is 0.294. The zero-order valence-corrected chi connectivity index (χ0v) is 14.5. The van der Waals surface area contributed by atoms with Crippen LogP contribution in [0.5, 0.6) is 0 Å². The topological polar surface area (TPSA) is 12.0 Å². The van der Waals surface area contributed by atoms with E-state index in [0.29, 0.717) is 6.04 Å². The fourth-order valence-corrected chi connectivity index (χ4v) is 3.74. The first kappa shape index (κ1) is 14.2. The Morgan fingerprint density at radius 1 is 1.20 bits per heavy atom. The second-order valence-corrected chi connectivity index (χ2v) is 7.66. The zero-order chi connectivity index (χ0) is 14.3. The van der Waals surface area contributed by atoms with Gasteiger partial charge in [0.05, 0.1) is 6.04 Å². The molecule has 1 nitrogen and oxygen atoms in total. The van der Waals surface area contributed by atoms with Crippen molar-refractivity contribution in [3.05, 3.63) is 62.2 Å². The lowest BCUT2D eigenvalue weighted by Gasteiger charge is -2.30. The van der Waals surface area contributed by atoms with Gasteiger partial charge in [-0.3, -0.25) is 0 Å². The number of fused-ring (bicyclic) bond motifs is 1. The minimum atomic E-state index is 0.186. The number of hydrogen-bond acceptors (Lipinski definition) is 1. The van der Waals surface area contributed by atoms with Gasteiger partial charge in [-0.25, -0.2) is 0 Å². The number of anilines is 1. The number of nitrogens with one attached hydrogen (secondary N) is 1. The van der Waals surface area contributed by atoms with Crippen LogP contribution in [0.2, 0.25) is 5.02 Å². The molecule has 1 N–H and O–H groups in total. The second kappa shape index (κ2) is 5.23. The first-order chi connectivity index (χ1) is 9.47. The summed E-state index contributed by atoms with van der Waals surface area (Å²) in [6.45, 7) is 4.63. The lowest BCUT2D eigenvalue weighted by molar-refractivity contribution is 0.337. The molecule has 2 aromatic rings. The third-order valence-corrected chi connectivity index (χ3v) is 5.20. The molecule has 0 radical (unpaired) electrons. The summed E-state index contributed by atoms with van der Waals surface area (Å²) in [7, 11) is 0. The van der Waals surface area contributed by atoms with Crippen LogP contribution in [-0.4, -0.2) is 0 Å². The highest BCUT2D eigenvalue weighted by atomic mass is 127. The molecule has 1 atom stereocenters. The van der Waals surface area contributed by atoms with Crippen molar-refractivity contribution in [2.24, 2.45) is 5.41 Å². The van der Waals surface area contributed by atoms with E-state index >= 15 is 0 Å². The summed E-state index contributed by atoms with van der Waals surface area (Å²) in [6.07, 6.45) is 1.08. The van der Waals surface area contributed by atoms with Crippen LogP contribution in [0.1, 0.15) is 31.0 Å². The Bertz CT molecular complexity index is 651. The van der Waals surface area contributed by atoms with E-state index in [0.717, 1.165) is 11.4 Å². The van der Waals surface area contributed by atoms with E-state index in [1.54, 1.807) is 0 Å². The average Bonchev–Trinajstić information content (AvgIpc) is 2.63. The molecule has 0 spiro atoms. The molecule has 0 saturated heterocycles. The van der Waals surface area contributed by atoms with Crippen LogP contribution in [0.3, 0.4) is 0 Å². The molecule has 0 fully saturated rings. The van der Waals surface area contributed by atoms with Gasteiger partial charge < -0.3 is 5.32 Å². The van der Waals surface area contributed by atoms with Gasteiger partial charge in [0.25, 0.3) is 0 Å². The number of hydrogen-bond donors (Lipinski definition) is 1. The molecule has 3 rings (SSSR count). The van der Waals surface area contributed by atoms with Crippen LogP contribution in [0, 0.1) is 8.99 Å². The van der Waals surface area contributed by atoms with Crippen molar-refractivity contribution in [1.82, 2.24) is 0 Å². The van der Waals surface area contributed by atoms with E-state index in [-0.39, 0.29) is 5.41 Å². The van der Waals surface area contributed by atoms with Crippen LogP contribution in [0.15, 0.2) is 42.5 Å². The predicted molar refractivity (Wildman–Crippen MR) is 94.5 cm³/mol. The number of rotatable bonds is 2. The van der Waals surface area contributed by atoms with Crippen molar-refractivity contribution >= 4 is 39.9 Å². The molecule has 0 bridgehead atoms. The quantitative estimate of drug-likeness (QED) is 0.643. The summed E-state index contributed by atoms with van der Waals surface area (Å²) in [5.74, 6) is 0. The molecule has 0 aromatic heterocycles. The first-order valence-corrected chi connectivity index (χ1v) is 8.22. The Morgan fingerprint density at radius 2 is 1.95 bits per heavy atom. The number of halogens is 2. The van der Waals surface area contributed by atoms with Crippen molar-refractivity contribution in [3.8, 4) is 0 Å². The van der Waals surface area contributed by atoms with Crippen LogP contribution in [0.4, 0.5) is 5.69 Å². The second-order valence-electron chi connectivity index (χ2n) is 6.07. The van der Waals surface area contributed by atoms with E-state index in [1.807, 2.05) is 6.07 Å². The summed E-state index contributed by atoms with van der Waals surface area (Å²) in [5.41, 5.74) is 4.12. The van der Waals surface area contributed by atoms with Crippen molar-refractivity contribution in [2.45, 2.75) is 26.3 Å². The molecule has 3 heteroatoms. The van der Waals surface area contributed by atoms with Gasteiger partial charge in [0, 0.05) is 14.3 Å². The zero-order valence-electron chi connectivity index (χ0n) is 11.6. The predicted octanol–water partition coefficient (Wildman–Crippen LogP) is 5.68. The van der Waals surface area contributed by atoms with E-state index in [2.05, 4.69) is 78.2 Å². The summed E-state index contributed by atoms with van der Waals surface area (Å²) < 4.78 is 1.25. The maximum absolute atomic E-state index is 6.19. The Hall–Kier alpha value is -0.740. The van der Waals surface area contributed by atoms with Gasteiger partial charge in [0.15, 0.2) is 0 Å². The molecule has 1 aliphatic rings. The summed E-state index contributed by atoms with van der Waals surface area (Å²) >= 11 is 8.56. The minimum absolute atomic E-state index is 0.186. The standard InChI is InChI=1S/C17H17ClIN/c1-17(2)10-11-7-8-12(18)9-13(11)16(17)20-15-6-4-3-5-14(15)19/h3-9,16,20H,10H2,1-2H3. The smallest absolute Gasteiger partial charge is 0.0571 e. The largest absolute Gasteiger partial charge is 0.377 e. The molecule has 0 amide bonds. The van der Waals surface area contributed by atoms with Crippen LogP contribution in [0.25, 0.3) is 0 Å². The van der Waals surface area contributed by atoms with E-state index in [4.69, 9.17) is 11.6 Å².